The number of nitrogens with zero attached hydrogens (tertiary/aromatic N) is 3. The quantitative estimate of drug-likeness (QED) is 0.771. The lowest BCUT2D eigenvalue weighted by Gasteiger charge is -2.10. The highest BCUT2D eigenvalue weighted by Gasteiger charge is 2.11. The lowest BCUT2D eigenvalue weighted by Crippen LogP contribution is -2.23. The summed E-state index contributed by atoms with van der Waals surface area (Å²) in [6, 6.07) is 9.78. The number of aromatic hydroxyl groups is 1. The molecule has 0 unspecified atom stereocenters. The first kappa shape index (κ1) is 15.1. The molecule has 23 heavy (non-hydrogen) atoms. The van der Waals surface area contributed by atoms with E-state index >= 15 is 0 Å². The molecule has 0 atom stereocenters. The van der Waals surface area contributed by atoms with E-state index in [-0.39, 0.29) is 16.7 Å². The van der Waals surface area contributed by atoms with Gasteiger partial charge in [-0.25, -0.2) is 9.67 Å². The van der Waals surface area contributed by atoms with Gasteiger partial charge in [-0.3, -0.25) is 4.79 Å². The van der Waals surface area contributed by atoms with E-state index in [2.05, 4.69) is 15.4 Å². The highest BCUT2D eigenvalue weighted by molar-refractivity contribution is 6.32. The van der Waals surface area contributed by atoms with Crippen molar-refractivity contribution in [1.82, 2.24) is 20.1 Å². The Hall–Kier alpha value is -2.86. The Bertz CT molecular complexity index is 834. The van der Waals surface area contributed by atoms with E-state index in [0.717, 1.165) is 5.56 Å². The molecular formula is C16H13ClN4O2. The van der Waals surface area contributed by atoms with Crippen LogP contribution in [0.25, 0.3) is 5.82 Å². The van der Waals surface area contributed by atoms with Crippen molar-refractivity contribution >= 4 is 17.5 Å². The fourth-order valence-electron chi connectivity index (χ4n) is 2.09. The Kier molecular flexibility index (Phi) is 4.25. The van der Waals surface area contributed by atoms with Gasteiger partial charge in [-0.05, 0) is 30.3 Å². The first-order valence-corrected chi connectivity index (χ1v) is 7.23. The van der Waals surface area contributed by atoms with Crippen LogP contribution >= 0.6 is 11.6 Å². The van der Waals surface area contributed by atoms with Gasteiger partial charge in [0.2, 0.25) is 0 Å². The highest BCUT2D eigenvalue weighted by Crippen LogP contribution is 2.23. The molecule has 1 aromatic carbocycles. The zero-order valence-electron chi connectivity index (χ0n) is 12.0. The lowest BCUT2D eigenvalue weighted by atomic mass is 10.2. The number of carbonyl (C=O) groups is 1. The van der Waals surface area contributed by atoms with Gasteiger partial charge < -0.3 is 10.4 Å². The van der Waals surface area contributed by atoms with Crippen LogP contribution in [0.3, 0.4) is 0 Å². The summed E-state index contributed by atoms with van der Waals surface area (Å²) in [6.07, 6.45) is 5.12. The van der Waals surface area contributed by atoms with Crippen molar-refractivity contribution in [1.29, 1.82) is 0 Å². The van der Waals surface area contributed by atoms with Gasteiger partial charge in [-0.2, -0.15) is 5.10 Å². The first-order chi connectivity index (χ1) is 11.1. The number of pyridine rings is 1. The number of hydrogen-bond donors (Lipinski definition) is 2. The lowest BCUT2D eigenvalue weighted by molar-refractivity contribution is 0.0951. The molecule has 7 heteroatoms. The maximum Gasteiger partial charge on any atom is 0.251 e. The van der Waals surface area contributed by atoms with Gasteiger partial charge >= 0.3 is 0 Å². The third kappa shape index (κ3) is 3.32. The molecule has 3 aromatic rings. The number of nitrogens with one attached hydrogen (secondary N) is 1. The maximum atomic E-state index is 12.2. The second-order valence-electron chi connectivity index (χ2n) is 4.79. The summed E-state index contributed by atoms with van der Waals surface area (Å²) in [5.41, 5.74) is 1.20. The van der Waals surface area contributed by atoms with E-state index in [4.69, 9.17) is 11.6 Å². The monoisotopic (exact) mass is 328 g/mol. The molecule has 0 spiro atoms. The van der Waals surface area contributed by atoms with Crippen LogP contribution in [0.4, 0.5) is 0 Å². The van der Waals surface area contributed by atoms with Crippen molar-refractivity contribution in [3.05, 3.63) is 71.1 Å². The molecule has 116 valence electrons. The first-order valence-electron chi connectivity index (χ1n) is 6.86. The second-order valence-corrected chi connectivity index (χ2v) is 5.19. The van der Waals surface area contributed by atoms with E-state index in [1.165, 1.54) is 18.2 Å². The van der Waals surface area contributed by atoms with Crippen LogP contribution in [0.15, 0.2) is 55.0 Å². The predicted octanol–water partition coefficient (Wildman–Crippen LogP) is 2.56. The summed E-state index contributed by atoms with van der Waals surface area (Å²) < 4.78 is 1.64. The topological polar surface area (TPSA) is 80.0 Å². The van der Waals surface area contributed by atoms with Crippen molar-refractivity contribution < 1.29 is 9.90 Å². The molecule has 6 nitrogen and oxygen atoms in total. The number of hydrogen-bond acceptors (Lipinski definition) is 4. The molecule has 0 saturated carbocycles. The Morgan fingerprint density at radius 1 is 1.26 bits per heavy atom. The SMILES string of the molecule is O=C(NCc1cccnc1-n1cccn1)c1ccc(O)c(Cl)c1. The maximum absolute atomic E-state index is 12.2. The molecule has 2 heterocycles. The molecule has 0 aliphatic rings. The highest BCUT2D eigenvalue weighted by atomic mass is 35.5. The van der Waals surface area contributed by atoms with Crippen LogP contribution in [-0.4, -0.2) is 25.8 Å². The zero-order chi connectivity index (χ0) is 16.2. The Morgan fingerprint density at radius 2 is 2.13 bits per heavy atom. The molecule has 2 N–H and O–H groups in total. The minimum absolute atomic E-state index is 0.0588. The number of carbonyl (C=O) groups excluding carboxylic acids is 1. The normalized spacial score (nSPS) is 10.5. The smallest absolute Gasteiger partial charge is 0.251 e. The molecule has 0 aliphatic heterocycles. The second kappa shape index (κ2) is 6.50. The predicted molar refractivity (Wildman–Crippen MR) is 85.6 cm³/mol. The molecule has 0 aliphatic carbocycles. The van der Waals surface area contributed by atoms with E-state index in [1.54, 1.807) is 35.4 Å². The van der Waals surface area contributed by atoms with Crippen LogP contribution in [0, 0.1) is 0 Å². The number of aromatic nitrogens is 3. The summed E-state index contributed by atoms with van der Waals surface area (Å²) in [4.78, 5) is 16.5. The van der Waals surface area contributed by atoms with Gasteiger partial charge in [0.25, 0.3) is 5.91 Å². The number of amides is 1. The minimum atomic E-state index is -0.290. The largest absolute Gasteiger partial charge is 0.506 e. The number of halogens is 1. The number of phenolic OH excluding ortho intramolecular Hbond substituents is 1. The summed E-state index contributed by atoms with van der Waals surface area (Å²) in [7, 11) is 0. The molecule has 0 bridgehead atoms. The van der Waals surface area contributed by atoms with Gasteiger partial charge in [0, 0.05) is 36.3 Å². The molecule has 0 radical (unpaired) electrons. The summed E-state index contributed by atoms with van der Waals surface area (Å²) >= 11 is 5.82. The van der Waals surface area contributed by atoms with Crippen molar-refractivity contribution in [2.45, 2.75) is 6.54 Å². The minimum Gasteiger partial charge on any atom is -0.506 e. The van der Waals surface area contributed by atoms with Crippen LogP contribution in [0.5, 0.6) is 5.75 Å². The fourth-order valence-corrected chi connectivity index (χ4v) is 2.27. The summed E-state index contributed by atoms with van der Waals surface area (Å²) in [5.74, 6) is 0.306. The van der Waals surface area contributed by atoms with Crippen LogP contribution in [-0.2, 0) is 6.54 Å². The van der Waals surface area contributed by atoms with E-state index in [9.17, 15) is 9.90 Å². The van der Waals surface area contributed by atoms with Gasteiger partial charge in [-0.1, -0.05) is 17.7 Å². The molecular weight excluding hydrogens is 316 g/mol. The third-order valence-electron chi connectivity index (χ3n) is 3.24. The van der Waals surface area contributed by atoms with Crippen molar-refractivity contribution in [2.75, 3.05) is 0 Å². The summed E-state index contributed by atoms with van der Waals surface area (Å²) in [5, 5.41) is 16.5. The third-order valence-corrected chi connectivity index (χ3v) is 3.54. The van der Waals surface area contributed by atoms with Crippen molar-refractivity contribution in [3.8, 4) is 11.6 Å². The standard InChI is InChI=1S/C16H13ClN4O2/c17-13-9-11(4-5-14(13)22)16(23)19-10-12-3-1-6-18-15(12)21-8-2-7-20-21/h1-9,22H,10H2,(H,19,23). The average molecular weight is 329 g/mol. The molecule has 2 aromatic heterocycles. The number of rotatable bonds is 4. The molecule has 0 saturated heterocycles. The van der Waals surface area contributed by atoms with Crippen molar-refractivity contribution in [3.63, 3.8) is 0 Å². The zero-order valence-corrected chi connectivity index (χ0v) is 12.7. The Labute approximate surface area is 137 Å². The van der Waals surface area contributed by atoms with E-state index in [1.807, 2.05) is 6.07 Å². The number of phenols is 1. The Balaban J connectivity index is 1.76. The van der Waals surface area contributed by atoms with Crippen LogP contribution in [0.2, 0.25) is 5.02 Å². The fraction of sp³-hybridized carbons (Fsp3) is 0.0625. The van der Waals surface area contributed by atoms with Gasteiger partial charge in [0.1, 0.15) is 5.75 Å². The van der Waals surface area contributed by atoms with E-state index < -0.39 is 0 Å². The summed E-state index contributed by atoms with van der Waals surface area (Å²) in [6.45, 7) is 0.292. The number of benzene rings is 1. The molecule has 0 fully saturated rings. The van der Waals surface area contributed by atoms with Crippen LogP contribution < -0.4 is 5.32 Å². The Morgan fingerprint density at radius 3 is 2.87 bits per heavy atom. The molecule has 3 rings (SSSR count). The van der Waals surface area contributed by atoms with E-state index in [0.29, 0.717) is 17.9 Å². The van der Waals surface area contributed by atoms with Gasteiger partial charge in [-0.15, -0.1) is 0 Å². The van der Waals surface area contributed by atoms with Crippen molar-refractivity contribution in [2.24, 2.45) is 0 Å². The van der Waals surface area contributed by atoms with Gasteiger partial charge in [0.15, 0.2) is 5.82 Å². The average Bonchev–Trinajstić information content (AvgIpc) is 3.10. The van der Waals surface area contributed by atoms with Crippen LogP contribution in [0.1, 0.15) is 15.9 Å². The van der Waals surface area contributed by atoms with Gasteiger partial charge in [0.05, 0.1) is 5.02 Å². The molecule has 1 amide bonds.